The van der Waals surface area contributed by atoms with Crippen LogP contribution in [0.3, 0.4) is 0 Å². The van der Waals surface area contributed by atoms with Gasteiger partial charge in [0.15, 0.2) is 0 Å². The minimum atomic E-state index is -0.127. The Bertz CT molecular complexity index is 319. The lowest BCUT2D eigenvalue weighted by atomic mass is 9.93. The SMILES string of the molecule is Cc1cc(C)n(C2CCCC(O)C2)n1. The molecule has 78 valence electrons. The maximum Gasteiger partial charge on any atom is 0.0596 e. The Kier molecular flexibility index (Phi) is 2.59. The van der Waals surface area contributed by atoms with Crippen LogP contribution in [0.15, 0.2) is 6.07 Å². The van der Waals surface area contributed by atoms with Gasteiger partial charge in [0.05, 0.1) is 17.8 Å². The number of aromatic nitrogens is 2. The van der Waals surface area contributed by atoms with E-state index in [1.807, 2.05) is 6.92 Å². The fourth-order valence-electron chi connectivity index (χ4n) is 2.38. The first-order valence-corrected chi connectivity index (χ1v) is 5.37. The maximum atomic E-state index is 9.60. The quantitative estimate of drug-likeness (QED) is 0.742. The predicted octanol–water partition coefficient (Wildman–Crippen LogP) is 1.98. The number of nitrogens with zero attached hydrogens (tertiary/aromatic N) is 2. The number of aryl methyl sites for hydroxylation is 2. The van der Waals surface area contributed by atoms with Crippen LogP contribution in [0, 0.1) is 13.8 Å². The zero-order valence-corrected chi connectivity index (χ0v) is 8.90. The van der Waals surface area contributed by atoms with Gasteiger partial charge in [-0.05, 0) is 45.6 Å². The molecule has 1 aromatic heterocycles. The summed E-state index contributed by atoms with van der Waals surface area (Å²) in [4.78, 5) is 0. The average Bonchev–Trinajstić information content (AvgIpc) is 2.45. The van der Waals surface area contributed by atoms with Crippen molar-refractivity contribution in [3.63, 3.8) is 0 Å². The van der Waals surface area contributed by atoms with Gasteiger partial charge in [-0.1, -0.05) is 0 Å². The van der Waals surface area contributed by atoms with Crippen LogP contribution in [0.2, 0.25) is 0 Å². The van der Waals surface area contributed by atoms with Gasteiger partial charge in [-0.3, -0.25) is 4.68 Å². The summed E-state index contributed by atoms with van der Waals surface area (Å²) < 4.78 is 2.08. The second kappa shape index (κ2) is 3.73. The third-order valence-electron chi connectivity index (χ3n) is 3.01. The second-order valence-corrected chi connectivity index (χ2v) is 4.35. The van der Waals surface area contributed by atoms with Gasteiger partial charge in [-0.15, -0.1) is 0 Å². The summed E-state index contributed by atoms with van der Waals surface area (Å²) in [6, 6.07) is 2.51. The molecule has 0 aromatic carbocycles. The molecule has 0 saturated heterocycles. The Morgan fingerprint density at radius 1 is 1.43 bits per heavy atom. The molecule has 3 nitrogen and oxygen atoms in total. The number of aliphatic hydroxyl groups excluding tert-OH is 1. The van der Waals surface area contributed by atoms with Gasteiger partial charge in [-0.25, -0.2) is 0 Å². The van der Waals surface area contributed by atoms with Gasteiger partial charge < -0.3 is 5.11 Å². The molecule has 1 heterocycles. The monoisotopic (exact) mass is 194 g/mol. The molecule has 2 unspecified atom stereocenters. The van der Waals surface area contributed by atoms with Crippen molar-refractivity contribution < 1.29 is 5.11 Å². The molecule has 1 fully saturated rings. The molecule has 1 N–H and O–H groups in total. The third kappa shape index (κ3) is 1.82. The summed E-state index contributed by atoms with van der Waals surface area (Å²) >= 11 is 0. The summed E-state index contributed by atoms with van der Waals surface area (Å²) in [6.45, 7) is 4.10. The van der Waals surface area contributed by atoms with Gasteiger partial charge >= 0.3 is 0 Å². The minimum Gasteiger partial charge on any atom is -0.393 e. The molecule has 0 aliphatic heterocycles. The van der Waals surface area contributed by atoms with Crippen molar-refractivity contribution in [1.29, 1.82) is 0 Å². The molecule has 0 spiro atoms. The Morgan fingerprint density at radius 3 is 2.79 bits per heavy atom. The number of rotatable bonds is 1. The molecule has 14 heavy (non-hydrogen) atoms. The average molecular weight is 194 g/mol. The molecule has 0 radical (unpaired) electrons. The largest absolute Gasteiger partial charge is 0.393 e. The minimum absolute atomic E-state index is 0.127. The molecule has 1 aliphatic rings. The van der Waals surface area contributed by atoms with E-state index in [0.29, 0.717) is 6.04 Å². The van der Waals surface area contributed by atoms with Crippen molar-refractivity contribution in [3.8, 4) is 0 Å². The standard InChI is InChI=1S/C11H18N2O/c1-8-6-9(2)13(12-8)10-4-3-5-11(14)7-10/h6,10-11,14H,3-5,7H2,1-2H3. The Balaban J connectivity index is 2.17. The van der Waals surface area contributed by atoms with Crippen LogP contribution in [0.1, 0.15) is 43.1 Å². The van der Waals surface area contributed by atoms with Crippen molar-refractivity contribution >= 4 is 0 Å². The van der Waals surface area contributed by atoms with Crippen molar-refractivity contribution in [3.05, 3.63) is 17.5 Å². The molecular formula is C11H18N2O. The number of aliphatic hydroxyl groups is 1. The zero-order valence-electron chi connectivity index (χ0n) is 8.90. The van der Waals surface area contributed by atoms with E-state index in [0.717, 1.165) is 31.4 Å². The van der Waals surface area contributed by atoms with E-state index >= 15 is 0 Å². The van der Waals surface area contributed by atoms with Gasteiger partial charge in [0.1, 0.15) is 0 Å². The second-order valence-electron chi connectivity index (χ2n) is 4.35. The molecule has 3 heteroatoms. The van der Waals surface area contributed by atoms with Crippen LogP contribution in [0.25, 0.3) is 0 Å². The summed E-state index contributed by atoms with van der Waals surface area (Å²) in [5, 5.41) is 14.1. The van der Waals surface area contributed by atoms with E-state index in [1.165, 1.54) is 5.69 Å². The maximum absolute atomic E-state index is 9.60. The summed E-state index contributed by atoms with van der Waals surface area (Å²) in [7, 11) is 0. The van der Waals surface area contributed by atoms with Gasteiger partial charge in [-0.2, -0.15) is 5.10 Å². The van der Waals surface area contributed by atoms with Crippen molar-refractivity contribution in [2.45, 2.75) is 51.7 Å². The van der Waals surface area contributed by atoms with E-state index in [4.69, 9.17) is 0 Å². The molecule has 1 aromatic rings. The van der Waals surface area contributed by atoms with Crippen molar-refractivity contribution in [2.24, 2.45) is 0 Å². The van der Waals surface area contributed by atoms with E-state index in [1.54, 1.807) is 0 Å². The van der Waals surface area contributed by atoms with Crippen LogP contribution in [0.4, 0.5) is 0 Å². The Labute approximate surface area is 84.7 Å². The zero-order chi connectivity index (χ0) is 10.1. The first-order chi connectivity index (χ1) is 6.66. The molecule has 0 bridgehead atoms. The topological polar surface area (TPSA) is 38.0 Å². The third-order valence-corrected chi connectivity index (χ3v) is 3.01. The first kappa shape index (κ1) is 9.71. The highest BCUT2D eigenvalue weighted by atomic mass is 16.3. The molecule has 2 atom stereocenters. The highest BCUT2D eigenvalue weighted by Gasteiger charge is 2.22. The van der Waals surface area contributed by atoms with E-state index in [2.05, 4.69) is 22.8 Å². The molecule has 1 saturated carbocycles. The van der Waals surface area contributed by atoms with Gasteiger partial charge in [0, 0.05) is 5.69 Å². The molecule has 1 aliphatic carbocycles. The highest BCUT2D eigenvalue weighted by Crippen LogP contribution is 2.29. The van der Waals surface area contributed by atoms with Gasteiger partial charge in [0.2, 0.25) is 0 Å². The van der Waals surface area contributed by atoms with Crippen molar-refractivity contribution in [1.82, 2.24) is 9.78 Å². The van der Waals surface area contributed by atoms with Crippen molar-refractivity contribution in [2.75, 3.05) is 0 Å². The first-order valence-electron chi connectivity index (χ1n) is 5.37. The summed E-state index contributed by atoms with van der Waals surface area (Å²) in [6.07, 6.45) is 3.96. The van der Waals surface area contributed by atoms with Gasteiger partial charge in [0.25, 0.3) is 0 Å². The van der Waals surface area contributed by atoms with Crippen LogP contribution < -0.4 is 0 Å². The normalized spacial score (nSPS) is 27.9. The summed E-state index contributed by atoms with van der Waals surface area (Å²) in [5.74, 6) is 0. The Hall–Kier alpha value is -0.830. The van der Waals surface area contributed by atoms with Crippen LogP contribution >= 0.6 is 0 Å². The van der Waals surface area contributed by atoms with Crippen LogP contribution in [-0.2, 0) is 0 Å². The predicted molar refractivity (Wildman–Crippen MR) is 55.2 cm³/mol. The highest BCUT2D eigenvalue weighted by molar-refractivity contribution is 5.08. The van der Waals surface area contributed by atoms with Crippen LogP contribution in [-0.4, -0.2) is 21.0 Å². The molecule has 0 amide bonds. The summed E-state index contributed by atoms with van der Waals surface area (Å²) in [5.41, 5.74) is 2.28. The number of hydrogen-bond acceptors (Lipinski definition) is 2. The Morgan fingerprint density at radius 2 is 2.21 bits per heavy atom. The lowest BCUT2D eigenvalue weighted by Crippen LogP contribution is -2.23. The fourth-order valence-corrected chi connectivity index (χ4v) is 2.38. The number of hydrogen-bond donors (Lipinski definition) is 1. The molecule has 2 rings (SSSR count). The van der Waals surface area contributed by atoms with E-state index < -0.39 is 0 Å². The van der Waals surface area contributed by atoms with E-state index in [-0.39, 0.29) is 6.10 Å². The lowest BCUT2D eigenvalue weighted by molar-refractivity contribution is 0.0994. The van der Waals surface area contributed by atoms with E-state index in [9.17, 15) is 5.11 Å². The lowest BCUT2D eigenvalue weighted by Gasteiger charge is -2.27. The smallest absolute Gasteiger partial charge is 0.0596 e. The van der Waals surface area contributed by atoms with Crippen LogP contribution in [0.5, 0.6) is 0 Å². The fraction of sp³-hybridized carbons (Fsp3) is 0.727. The molecular weight excluding hydrogens is 176 g/mol.